The van der Waals surface area contributed by atoms with E-state index in [1.54, 1.807) is 0 Å². The Morgan fingerprint density at radius 3 is 1.40 bits per heavy atom. The Bertz CT molecular complexity index is 1140. The van der Waals surface area contributed by atoms with Gasteiger partial charge in [0.05, 0.1) is 33.8 Å². The molecule has 1 amide bonds. The number of hydrogen-bond donors (Lipinski definition) is 1. The summed E-state index contributed by atoms with van der Waals surface area (Å²) in [4.78, 5) is 39.6. The highest BCUT2D eigenvalue weighted by Crippen LogP contribution is 2.38. The molecule has 0 fully saturated rings. The van der Waals surface area contributed by atoms with Crippen molar-refractivity contribution in [3.63, 3.8) is 0 Å². The molecule has 3 atom stereocenters. The summed E-state index contributed by atoms with van der Waals surface area (Å²) in [6.07, 6.45) is 48.5. The lowest BCUT2D eigenvalue weighted by Crippen LogP contribution is -2.47. The van der Waals surface area contributed by atoms with Crippen molar-refractivity contribution in [3.05, 3.63) is 24.3 Å². The lowest BCUT2D eigenvalue weighted by molar-refractivity contribution is -0.870. The van der Waals surface area contributed by atoms with Crippen molar-refractivity contribution in [1.29, 1.82) is 0 Å². The topological polar surface area (TPSA) is 114 Å². The van der Waals surface area contributed by atoms with Gasteiger partial charge in [-0.15, -0.1) is 0 Å². The van der Waals surface area contributed by atoms with Crippen LogP contribution in [0.5, 0.6) is 0 Å². The highest BCUT2D eigenvalue weighted by molar-refractivity contribution is 7.45. The number of rotatable bonds is 48. The van der Waals surface area contributed by atoms with E-state index in [2.05, 4.69) is 38.2 Å². The Morgan fingerprint density at radius 2 is 0.937 bits per heavy atom. The molecule has 63 heavy (non-hydrogen) atoms. The van der Waals surface area contributed by atoms with Gasteiger partial charge in [0.25, 0.3) is 7.82 Å². The number of esters is 1. The van der Waals surface area contributed by atoms with E-state index in [0.717, 1.165) is 83.5 Å². The predicted molar refractivity (Wildman–Crippen MR) is 266 cm³/mol. The Kier molecular flexibility index (Phi) is 43.3. The third-order valence-corrected chi connectivity index (χ3v) is 12.8. The molecule has 3 unspecified atom stereocenters. The van der Waals surface area contributed by atoms with Crippen molar-refractivity contribution < 1.29 is 37.3 Å². The zero-order valence-corrected chi connectivity index (χ0v) is 43.2. The zero-order chi connectivity index (χ0) is 46.5. The lowest BCUT2D eigenvalue weighted by Gasteiger charge is -2.30. The van der Waals surface area contributed by atoms with Gasteiger partial charge in [0.1, 0.15) is 19.3 Å². The van der Waals surface area contributed by atoms with Crippen molar-refractivity contribution >= 4 is 19.7 Å². The van der Waals surface area contributed by atoms with E-state index in [-0.39, 0.29) is 31.5 Å². The molecule has 0 aliphatic carbocycles. The van der Waals surface area contributed by atoms with Gasteiger partial charge >= 0.3 is 5.97 Å². The fourth-order valence-corrected chi connectivity index (χ4v) is 8.40. The van der Waals surface area contributed by atoms with E-state index >= 15 is 0 Å². The molecule has 1 N–H and O–H groups in total. The minimum Gasteiger partial charge on any atom is -0.756 e. The number of likely N-dealkylation sites (N-methyl/N-ethyl adjacent to an activating group) is 1. The van der Waals surface area contributed by atoms with Crippen LogP contribution in [-0.2, 0) is 27.9 Å². The van der Waals surface area contributed by atoms with E-state index in [1.165, 1.54) is 135 Å². The van der Waals surface area contributed by atoms with E-state index in [9.17, 15) is 19.0 Å². The van der Waals surface area contributed by atoms with Gasteiger partial charge in [0.15, 0.2) is 0 Å². The Labute approximate surface area is 390 Å². The van der Waals surface area contributed by atoms with E-state index in [4.69, 9.17) is 13.8 Å². The summed E-state index contributed by atoms with van der Waals surface area (Å²) in [7, 11) is 1.19. The molecule has 0 heterocycles. The summed E-state index contributed by atoms with van der Waals surface area (Å²) < 4.78 is 30.1. The van der Waals surface area contributed by atoms with Crippen LogP contribution in [0.25, 0.3) is 0 Å². The third-order valence-electron chi connectivity index (χ3n) is 11.9. The number of carbonyl (C=O) groups excluding carboxylic acids is 2. The summed E-state index contributed by atoms with van der Waals surface area (Å²) in [6, 6.07) is -0.883. The Hall–Kier alpha value is -1.51. The zero-order valence-electron chi connectivity index (χ0n) is 42.3. The number of carbonyl (C=O) groups is 2. The lowest BCUT2D eigenvalue weighted by atomic mass is 10.0. The van der Waals surface area contributed by atoms with Crippen LogP contribution in [0.2, 0.25) is 0 Å². The summed E-state index contributed by atoms with van der Waals surface area (Å²) in [6.45, 7) is 6.80. The quantitative estimate of drug-likeness (QED) is 0.0213. The molecule has 0 radical (unpaired) electrons. The number of phosphoric ester groups is 1. The minimum atomic E-state index is -4.68. The molecule has 372 valence electrons. The number of unbranched alkanes of at least 4 members (excludes halogenated alkanes) is 30. The molecule has 0 aliphatic rings. The predicted octanol–water partition coefficient (Wildman–Crippen LogP) is 14.8. The van der Waals surface area contributed by atoms with E-state index in [1.807, 2.05) is 33.3 Å². The monoisotopic (exact) mass is 911 g/mol. The van der Waals surface area contributed by atoms with Gasteiger partial charge in [-0.3, -0.25) is 14.2 Å². The van der Waals surface area contributed by atoms with Gasteiger partial charge in [0, 0.05) is 12.8 Å². The number of quaternary nitrogens is 1. The van der Waals surface area contributed by atoms with Crippen LogP contribution in [0.15, 0.2) is 24.3 Å². The van der Waals surface area contributed by atoms with E-state index in [0.29, 0.717) is 17.4 Å². The SMILES string of the molecule is CCCC/C=C\CCCCCCCC(=O)OC(/C=C/CCCCCCCCCCC)C(COP(=O)([O-])OCC[N+](C)(C)C)NC(=O)CCCCCCCCCCCCCCCCC. The Morgan fingerprint density at radius 1 is 0.540 bits per heavy atom. The van der Waals surface area contributed by atoms with Crippen LogP contribution in [0.3, 0.4) is 0 Å². The highest BCUT2D eigenvalue weighted by atomic mass is 31.2. The standard InChI is InChI=1S/C53H103N2O7P/c1-7-10-13-16-19-22-25-26-27-28-31-33-36-39-42-45-52(56)54-50(49-61-63(58,59)60-48-47-55(4,5)6)51(44-41-38-35-32-29-23-20-17-14-11-8-2)62-53(57)46-43-40-37-34-30-24-21-18-15-12-9-3/h18,21,41,44,50-51H,7-17,19-20,22-40,42-43,45-49H2,1-6H3,(H-,54,56,58,59)/b21-18-,44-41+. The molecule has 0 rings (SSSR count). The van der Waals surface area contributed by atoms with Crippen molar-refractivity contribution in [2.75, 3.05) is 40.9 Å². The second-order valence-corrected chi connectivity index (χ2v) is 20.8. The first-order chi connectivity index (χ1) is 30.4. The summed E-state index contributed by atoms with van der Waals surface area (Å²) >= 11 is 0. The minimum absolute atomic E-state index is 0.0206. The molecular weight excluding hydrogens is 808 g/mol. The maximum Gasteiger partial charge on any atom is 0.306 e. The summed E-state index contributed by atoms with van der Waals surface area (Å²) in [5.41, 5.74) is 0. The van der Waals surface area contributed by atoms with E-state index < -0.39 is 20.0 Å². The molecule has 0 aromatic rings. The van der Waals surface area contributed by atoms with Crippen LogP contribution in [0.4, 0.5) is 0 Å². The van der Waals surface area contributed by atoms with Crippen molar-refractivity contribution in [1.82, 2.24) is 5.32 Å². The van der Waals surface area contributed by atoms with Gasteiger partial charge in [-0.1, -0.05) is 212 Å². The molecule has 0 saturated carbocycles. The van der Waals surface area contributed by atoms with Gasteiger partial charge in [0.2, 0.25) is 5.91 Å². The number of hydrogen-bond acceptors (Lipinski definition) is 7. The average Bonchev–Trinajstić information content (AvgIpc) is 3.23. The maximum atomic E-state index is 13.4. The van der Waals surface area contributed by atoms with Gasteiger partial charge in [-0.25, -0.2) is 0 Å². The second-order valence-electron chi connectivity index (χ2n) is 19.4. The number of nitrogens with zero attached hydrogens (tertiary/aromatic N) is 1. The first-order valence-corrected chi connectivity index (χ1v) is 28.1. The molecule has 0 bridgehead atoms. The summed E-state index contributed by atoms with van der Waals surface area (Å²) in [5, 5.41) is 3.01. The fourth-order valence-electron chi connectivity index (χ4n) is 7.68. The van der Waals surface area contributed by atoms with Crippen molar-refractivity contribution in [2.24, 2.45) is 0 Å². The second kappa shape index (κ2) is 44.3. The van der Waals surface area contributed by atoms with Gasteiger partial charge < -0.3 is 28.5 Å². The molecule has 0 spiro atoms. The fraction of sp³-hybridized carbons (Fsp3) is 0.887. The molecule has 0 aromatic heterocycles. The van der Waals surface area contributed by atoms with Gasteiger partial charge in [-0.05, 0) is 51.0 Å². The van der Waals surface area contributed by atoms with Gasteiger partial charge in [-0.2, -0.15) is 0 Å². The van der Waals surface area contributed by atoms with Crippen LogP contribution in [-0.4, -0.2) is 69.4 Å². The highest BCUT2D eigenvalue weighted by Gasteiger charge is 2.27. The number of allylic oxidation sites excluding steroid dienone is 3. The van der Waals surface area contributed by atoms with Crippen LogP contribution >= 0.6 is 7.82 Å². The molecule has 0 saturated heterocycles. The summed E-state index contributed by atoms with van der Waals surface area (Å²) in [5.74, 6) is -0.545. The largest absolute Gasteiger partial charge is 0.756 e. The van der Waals surface area contributed by atoms with Crippen LogP contribution in [0.1, 0.15) is 252 Å². The normalized spacial score (nSPS) is 14.1. The molecule has 0 aliphatic heterocycles. The molecule has 9 nitrogen and oxygen atoms in total. The number of nitrogens with one attached hydrogen (secondary N) is 1. The third kappa shape index (κ3) is 45.4. The molecule has 0 aromatic carbocycles. The Balaban J connectivity index is 5.36. The maximum absolute atomic E-state index is 13.4. The van der Waals surface area contributed by atoms with Crippen molar-refractivity contribution in [3.8, 4) is 0 Å². The molecule has 10 heteroatoms. The smallest absolute Gasteiger partial charge is 0.306 e. The average molecular weight is 911 g/mol. The number of phosphoric acid groups is 1. The van der Waals surface area contributed by atoms with Crippen LogP contribution < -0.4 is 10.2 Å². The first-order valence-electron chi connectivity index (χ1n) is 26.6. The number of ether oxygens (including phenoxy) is 1. The first kappa shape index (κ1) is 61.5. The number of amides is 1. The molecular formula is C53H103N2O7P. The van der Waals surface area contributed by atoms with Crippen LogP contribution in [0, 0.1) is 0 Å². The van der Waals surface area contributed by atoms with Crippen molar-refractivity contribution in [2.45, 2.75) is 264 Å².